The fourth-order valence-electron chi connectivity index (χ4n) is 2.92. The van der Waals surface area contributed by atoms with E-state index in [9.17, 15) is 9.50 Å². The molecule has 0 radical (unpaired) electrons. The van der Waals surface area contributed by atoms with Crippen molar-refractivity contribution >= 4 is 11.6 Å². The third-order valence-corrected chi connectivity index (χ3v) is 4.05. The van der Waals surface area contributed by atoms with Crippen LogP contribution in [0.25, 0.3) is 0 Å². The number of nitrogens with zero attached hydrogens (tertiary/aromatic N) is 1. The minimum atomic E-state index is -0.617. The molecule has 0 spiro atoms. The summed E-state index contributed by atoms with van der Waals surface area (Å²) in [5.74, 6) is -0.940. The van der Waals surface area contributed by atoms with Crippen LogP contribution in [-0.4, -0.2) is 36.2 Å². The van der Waals surface area contributed by atoms with Crippen LogP contribution in [0.1, 0.15) is 32.4 Å². The van der Waals surface area contributed by atoms with Crippen LogP contribution < -0.4 is 5.32 Å². The number of phenolic OH excluding ortho intramolecular Hbond substituents is 1. The predicted molar refractivity (Wildman–Crippen MR) is 79.7 cm³/mol. The van der Waals surface area contributed by atoms with E-state index >= 15 is 0 Å². The number of hydrogen-bond acceptors (Lipinski definition) is 3. The third kappa shape index (κ3) is 3.08. The topological polar surface area (TPSA) is 35.5 Å². The third-order valence-electron chi connectivity index (χ3n) is 3.73. The summed E-state index contributed by atoms with van der Waals surface area (Å²) < 4.78 is 13.7. The van der Waals surface area contributed by atoms with Crippen LogP contribution in [0.4, 0.5) is 4.39 Å². The normalized spacial score (nSPS) is 19.1. The van der Waals surface area contributed by atoms with Gasteiger partial charge in [-0.1, -0.05) is 32.4 Å². The highest BCUT2D eigenvalue weighted by Gasteiger charge is 2.36. The number of rotatable bonds is 2. The van der Waals surface area contributed by atoms with Gasteiger partial charge in [-0.05, 0) is 17.5 Å². The summed E-state index contributed by atoms with van der Waals surface area (Å²) in [5.41, 5.74) is 0.341. The Morgan fingerprint density at radius 2 is 1.90 bits per heavy atom. The fraction of sp³-hybridized carbons (Fsp3) is 0.600. The number of hydrogen-bond donors (Lipinski definition) is 2. The van der Waals surface area contributed by atoms with Crippen molar-refractivity contribution in [1.82, 2.24) is 10.2 Å². The van der Waals surface area contributed by atoms with Crippen molar-refractivity contribution in [2.75, 3.05) is 26.2 Å². The van der Waals surface area contributed by atoms with Crippen LogP contribution in [0.15, 0.2) is 12.1 Å². The van der Waals surface area contributed by atoms with E-state index < -0.39 is 5.82 Å². The lowest BCUT2D eigenvalue weighted by molar-refractivity contribution is 0.0839. The van der Waals surface area contributed by atoms with Gasteiger partial charge in [-0.3, -0.25) is 4.90 Å². The summed E-state index contributed by atoms with van der Waals surface area (Å²) in [6, 6.07) is 2.61. The highest BCUT2D eigenvalue weighted by atomic mass is 35.5. The summed E-state index contributed by atoms with van der Waals surface area (Å²) in [6.45, 7) is 9.74. The lowest BCUT2D eigenvalue weighted by Gasteiger charge is -2.43. The number of nitrogens with one attached hydrogen (secondary N) is 1. The first-order valence-corrected chi connectivity index (χ1v) is 7.32. The molecule has 20 heavy (non-hydrogen) atoms. The Bertz CT molecular complexity index is 481. The van der Waals surface area contributed by atoms with E-state index in [2.05, 4.69) is 31.0 Å². The first-order chi connectivity index (χ1) is 9.32. The van der Waals surface area contributed by atoms with Crippen molar-refractivity contribution in [3.05, 3.63) is 28.5 Å². The van der Waals surface area contributed by atoms with Crippen LogP contribution in [0, 0.1) is 11.2 Å². The van der Waals surface area contributed by atoms with E-state index in [0.717, 1.165) is 26.2 Å². The maximum Gasteiger partial charge on any atom is 0.165 e. The van der Waals surface area contributed by atoms with Gasteiger partial charge in [0.2, 0.25) is 0 Å². The van der Waals surface area contributed by atoms with E-state index in [4.69, 9.17) is 11.6 Å². The molecule has 0 aliphatic carbocycles. The van der Waals surface area contributed by atoms with Gasteiger partial charge in [0.25, 0.3) is 0 Å². The van der Waals surface area contributed by atoms with Gasteiger partial charge in [-0.15, -0.1) is 0 Å². The minimum Gasteiger partial charge on any atom is -0.505 e. The Hall–Kier alpha value is -0.840. The Kier molecular flexibility index (Phi) is 4.57. The smallest absolute Gasteiger partial charge is 0.165 e. The van der Waals surface area contributed by atoms with Crippen LogP contribution in [0.2, 0.25) is 5.02 Å². The van der Waals surface area contributed by atoms with Crippen molar-refractivity contribution in [3.8, 4) is 5.75 Å². The zero-order valence-electron chi connectivity index (χ0n) is 12.2. The van der Waals surface area contributed by atoms with Crippen LogP contribution in [0.3, 0.4) is 0 Å². The Labute approximate surface area is 124 Å². The fourth-order valence-corrected chi connectivity index (χ4v) is 3.18. The highest BCUT2D eigenvalue weighted by Crippen LogP contribution is 2.45. The van der Waals surface area contributed by atoms with E-state index in [1.165, 1.54) is 12.1 Å². The second-order valence-electron chi connectivity index (χ2n) is 6.35. The molecular formula is C15H22ClFN2O. The van der Waals surface area contributed by atoms with Crippen LogP contribution >= 0.6 is 11.6 Å². The maximum atomic E-state index is 13.7. The molecule has 3 nitrogen and oxygen atoms in total. The number of halogens is 2. The monoisotopic (exact) mass is 300 g/mol. The van der Waals surface area contributed by atoms with Crippen molar-refractivity contribution < 1.29 is 9.50 Å². The highest BCUT2D eigenvalue weighted by molar-refractivity contribution is 6.31. The molecule has 2 N–H and O–H groups in total. The minimum absolute atomic E-state index is 0.118. The predicted octanol–water partition coefficient (Wildman–Crippen LogP) is 3.18. The van der Waals surface area contributed by atoms with Gasteiger partial charge in [0, 0.05) is 42.8 Å². The molecule has 1 heterocycles. The zero-order valence-corrected chi connectivity index (χ0v) is 13.0. The molecule has 0 bridgehead atoms. The Morgan fingerprint density at radius 3 is 2.45 bits per heavy atom. The molecule has 1 aromatic carbocycles. The Balaban J connectivity index is 2.49. The molecule has 0 aromatic heterocycles. The van der Waals surface area contributed by atoms with E-state index in [1.54, 1.807) is 0 Å². The van der Waals surface area contributed by atoms with Crippen LogP contribution in [0.5, 0.6) is 5.75 Å². The average Bonchev–Trinajstić information content (AvgIpc) is 2.39. The molecule has 1 saturated heterocycles. The van der Waals surface area contributed by atoms with E-state index in [0.29, 0.717) is 10.6 Å². The number of phenols is 1. The SMILES string of the molecule is CC(C)(C)[C@H](c1c(Cl)ccc(F)c1O)N1CCNCC1. The maximum absolute atomic E-state index is 13.7. The molecule has 1 aromatic rings. The number of benzene rings is 1. The lowest BCUT2D eigenvalue weighted by Crippen LogP contribution is -2.48. The second-order valence-corrected chi connectivity index (χ2v) is 6.75. The standard InChI is InChI=1S/C15H22ClFN2O/c1-15(2,3)14(19-8-6-18-7-9-19)12-10(16)4-5-11(17)13(12)20/h4-5,14,18,20H,6-9H2,1-3H3/t14-/m0/s1. The zero-order chi connectivity index (χ0) is 14.9. The van der Waals surface area contributed by atoms with Gasteiger partial charge >= 0.3 is 0 Å². The van der Waals surface area contributed by atoms with E-state index in [1.807, 2.05) is 0 Å². The van der Waals surface area contributed by atoms with E-state index in [-0.39, 0.29) is 17.2 Å². The summed E-state index contributed by atoms with van der Waals surface area (Å²) in [6.07, 6.45) is 0. The number of piperazine rings is 1. The first-order valence-electron chi connectivity index (χ1n) is 6.94. The Morgan fingerprint density at radius 1 is 1.30 bits per heavy atom. The summed E-state index contributed by atoms with van der Waals surface area (Å²) in [5, 5.41) is 13.9. The van der Waals surface area contributed by atoms with Gasteiger partial charge in [0.1, 0.15) is 0 Å². The van der Waals surface area contributed by atoms with Crippen molar-refractivity contribution in [2.45, 2.75) is 26.8 Å². The molecule has 1 atom stereocenters. The second kappa shape index (κ2) is 5.88. The summed E-state index contributed by atoms with van der Waals surface area (Å²) in [7, 11) is 0. The van der Waals surface area contributed by atoms with Crippen molar-refractivity contribution in [1.29, 1.82) is 0 Å². The average molecular weight is 301 g/mol. The molecule has 0 amide bonds. The summed E-state index contributed by atoms with van der Waals surface area (Å²) >= 11 is 6.25. The molecular weight excluding hydrogens is 279 g/mol. The molecule has 0 saturated carbocycles. The van der Waals surface area contributed by atoms with Gasteiger partial charge in [-0.25, -0.2) is 4.39 Å². The molecule has 5 heteroatoms. The van der Waals surface area contributed by atoms with Crippen LogP contribution in [-0.2, 0) is 0 Å². The summed E-state index contributed by atoms with van der Waals surface area (Å²) in [4.78, 5) is 2.26. The lowest BCUT2D eigenvalue weighted by atomic mass is 9.80. The molecule has 1 aliphatic heterocycles. The molecule has 1 aliphatic rings. The molecule has 2 rings (SSSR count). The molecule has 1 fully saturated rings. The quantitative estimate of drug-likeness (QED) is 0.880. The molecule has 112 valence electrons. The van der Waals surface area contributed by atoms with Crippen molar-refractivity contribution in [3.63, 3.8) is 0 Å². The molecule has 0 unspecified atom stereocenters. The largest absolute Gasteiger partial charge is 0.505 e. The first kappa shape index (κ1) is 15.5. The van der Waals surface area contributed by atoms with Crippen molar-refractivity contribution in [2.24, 2.45) is 5.41 Å². The van der Waals surface area contributed by atoms with Gasteiger partial charge < -0.3 is 10.4 Å². The van der Waals surface area contributed by atoms with Gasteiger partial charge in [-0.2, -0.15) is 0 Å². The number of aromatic hydroxyl groups is 1. The van der Waals surface area contributed by atoms with Gasteiger partial charge in [0.05, 0.1) is 0 Å². The van der Waals surface area contributed by atoms with Gasteiger partial charge in [0.15, 0.2) is 11.6 Å².